The van der Waals surface area contributed by atoms with Gasteiger partial charge in [-0.25, -0.2) is 4.79 Å². The third-order valence-electron chi connectivity index (χ3n) is 4.67. The van der Waals surface area contributed by atoms with Gasteiger partial charge in [0.1, 0.15) is 5.75 Å². The number of phenols is 1. The normalized spacial score (nSPS) is 10.2. The van der Waals surface area contributed by atoms with Crippen molar-refractivity contribution >= 4 is 17.6 Å². The summed E-state index contributed by atoms with van der Waals surface area (Å²) in [5.74, 6) is -0.762. The van der Waals surface area contributed by atoms with Gasteiger partial charge < -0.3 is 30.5 Å². The van der Waals surface area contributed by atoms with Gasteiger partial charge >= 0.3 is 5.97 Å². The second-order valence-electron chi connectivity index (χ2n) is 7.22. The van der Waals surface area contributed by atoms with Gasteiger partial charge in [0.15, 0.2) is 0 Å². The highest BCUT2D eigenvalue weighted by atomic mass is 16.5. The zero-order valence-corrected chi connectivity index (χ0v) is 19.1. The van der Waals surface area contributed by atoms with Gasteiger partial charge in [0.25, 0.3) is 0 Å². The maximum absolute atomic E-state index is 12.5. The van der Waals surface area contributed by atoms with E-state index in [0.717, 1.165) is 19.3 Å². The van der Waals surface area contributed by atoms with E-state index in [1.165, 1.54) is 0 Å². The first-order chi connectivity index (χ1) is 16.0. The third-order valence-corrected chi connectivity index (χ3v) is 4.67. The van der Waals surface area contributed by atoms with Crippen LogP contribution in [0.5, 0.6) is 5.75 Å². The largest absolute Gasteiger partial charge is 0.507 e. The number of carbonyl (C=O) groups excluding carboxylic acids is 2. The standard InChI is InChI=1S/C20H23NO5.C5H12O2/c1-2-18(24)21-19-15(14-8-3-4-11-17(14)23)9-7-10-16(19)20(25)26-13-6-5-12-22;6-4-2-1-3-5-7/h3-4,7-11,22-23H,2,5-6,12-13H2,1H3,(H,21,24);6-7H,1-5H2. The zero-order chi connectivity index (χ0) is 24.5. The number of hydrogen-bond donors (Lipinski definition) is 5. The fourth-order valence-corrected chi connectivity index (χ4v) is 2.87. The van der Waals surface area contributed by atoms with Crippen molar-refractivity contribution in [2.45, 2.75) is 45.4 Å². The molecule has 0 aliphatic heterocycles. The van der Waals surface area contributed by atoms with E-state index in [9.17, 15) is 14.7 Å². The van der Waals surface area contributed by atoms with Gasteiger partial charge in [0.2, 0.25) is 5.91 Å². The molecule has 1 amide bonds. The van der Waals surface area contributed by atoms with Gasteiger partial charge in [-0.1, -0.05) is 37.3 Å². The zero-order valence-electron chi connectivity index (χ0n) is 19.1. The van der Waals surface area contributed by atoms with Crippen LogP contribution in [0.3, 0.4) is 0 Å². The van der Waals surface area contributed by atoms with Gasteiger partial charge in [-0.05, 0) is 44.2 Å². The predicted octanol–water partition coefficient (Wildman–Crippen LogP) is 3.48. The quantitative estimate of drug-likeness (QED) is 0.241. The summed E-state index contributed by atoms with van der Waals surface area (Å²) < 4.78 is 5.24. The fourth-order valence-electron chi connectivity index (χ4n) is 2.87. The van der Waals surface area contributed by atoms with Crippen LogP contribution in [0.4, 0.5) is 5.69 Å². The molecule has 0 bridgehead atoms. The Kier molecular flexibility index (Phi) is 14.2. The number of aromatic hydroxyl groups is 1. The third kappa shape index (κ3) is 10.0. The lowest BCUT2D eigenvalue weighted by Crippen LogP contribution is -2.16. The fraction of sp³-hybridized carbons (Fsp3) is 0.440. The average molecular weight is 462 g/mol. The summed E-state index contributed by atoms with van der Waals surface area (Å²) in [7, 11) is 0. The van der Waals surface area contributed by atoms with E-state index in [0.29, 0.717) is 29.7 Å². The molecule has 5 N–H and O–H groups in total. The Morgan fingerprint density at radius 1 is 0.818 bits per heavy atom. The molecule has 0 saturated heterocycles. The number of para-hydroxylation sites is 2. The van der Waals surface area contributed by atoms with E-state index in [-0.39, 0.29) is 50.1 Å². The minimum absolute atomic E-state index is 0.0398. The summed E-state index contributed by atoms with van der Waals surface area (Å²) in [6, 6.07) is 11.7. The summed E-state index contributed by atoms with van der Waals surface area (Å²) in [5.41, 5.74) is 1.58. The highest BCUT2D eigenvalue weighted by Gasteiger charge is 2.20. The van der Waals surface area contributed by atoms with Crippen molar-refractivity contribution in [3.05, 3.63) is 48.0 Å². The van der Waals surface area contributed by atoms with Crippen molar-refractivity contribution in [1.29, 1.82) is 0 Å². The van der Waals surface area contributed by atoms with Crippen molar-refractivity contribution in [2.24, 2.45) is 0 Å². The van der Waals surface area contributed by atoms with Gasteiger partial charge in [0, 0.05) is 37.4 Å². The number of carbonyl (C=O) groups is 2. The maximum Gasteiger partial charge on any atom is 0.340 e. The van der Waals surface area contributed by atoms with E-state index >= 15 is 0 Å². The highest BCUT2D eigenvalue weighted by molar-refractivity contribution is 6.06. The van der Waals surface area contributed by atoms with E-state index in [2.05, 4.69) is 5.32 Å². The number of aliphatic hydroxyl groups is 3. The number of unbranched alkanes of at least 4 members (excludes halogenated alkanes) is 3. The Hall–Kier alpha value is -2.94. The van der Waals surface area contributed by atoms with Crippen LogP contribution in [0.15, 0.2) is 42.5 Å². The number of ether oxygens (including phenoxy) is 1. The lowest BCUT2D eigenvalue weighted by molar-refractivity contribution is -0.115. The topological polar surface area (TPSA) is 136 Å². The first-order valence-corrected chi connectivity index (χ1v) is 11.2. The lowest BCUT2D eigenvalue weighted by Gasteiger charge is -2.16. The number of rotatable bonds is 12. The van der Waals surface area contributed by atoms with Crippen molar-refractivity contribution in [3.63, 3.8) is 0 Å². The molecule has 8 nitrogen and oxygen atoms in total. The molecule has 0 saturated carbocycles. The van der Waals surface area contributed by atoms with Crippen molar-refractivity contribution in [1.82, 2.24) is 0 Å². The average Bonchev–Trinajstić information content (AvgIpc) is 2.83. The summed E-state index contributed by atoms with van der Waals surface area (Å²) >= 11 is 0. The number of amides is 1. The van der Waals surface area contributed by atoms with Gasteiger partial charge in [0.05, 0.1) is 17.9 Å². The Bertz CT molecular complexity index is 850. The molecule has 0 fully saturated rings. The van der Waals surface area contributed by atoms with Crippen molar-refractivity contribution in [3.8, 4) is 16.9 Å². The number of aliphatic hydroxyl groups excluding tert-OH is 3. The number of phenolic OH excluding ortho intramolecular Hbond substituents is 1. The van der Waals surface area contributed by atoms with Crippen molar-refractivity contribution < 1.29 is 34.8 Å². The van der Waals surface area contributed by atoms with Crippen LogP contribution in [0.1, 0.15) is 55.8 Å². The number of nitrogens with one attached hydrogen (secondary N) is 1. The second kappa shape index (κ2) is 16.7. The second-order valence-corrected chi connectivity index (χ2v) is 7.22. The van der Waals surface area contributed by atoms with Crippen LogP contribution in [0, 0.1) is 0 Å². The minimum atomic E-state index is -0.563. The molecule has 0 aliphatic rings. The molecule has 0 aromatic heterocycles. The SMILES string of the molecule is CCC(=O)Nc1c(C(=O)OCCCCO)cccc1-c1ccccc1O.OCCCCCO. The molecule has 2 aromatic rings. The molecular weight excluding hydrogens is 426 g/mol. The van der Waals surface area contributed by atoms with Crippen LogP contribution in [-0.2, 0) is 9.53 Å². The van der Waals surface area contributed by atoms with E-state index in [1.807, 2.05) is 0 Å². The molecule has 33 heavy (non-hydrogen) atoms. The Balaban J connectivity index is 0.000000675. The molecule has 0 radical (unpaired) electrons. The molecule has 0 unspecified atom stereocenters. The number of benzene rings is 2. The van der Waals surface area contributed by atoms with E-state index in [4.69, 9.17) is 20.1 Å². The van der Waals surface area contributed by atoms with Crippen LogP contribution < -0.4 is 5.32 Å². The first-order valence-electron chi connectivity index (χ1n) is 11.2. The number of esters is 1. The maximum atomic E-state index is 12.5. The number of anilines is 1. The molecule has 0 aliphatic carbocycles. The van der Waals surface area contributed by atoms with Crippen LogP contribution in [0.25, 0.3) is 11.1 Å². The van der Waals surface area contributed by atoms with Crippen LogP contribution >= 0.6 is 0 Å². The first kappa shape index (κ1) is 28.1. The van der Waals surface area contributed by atoms with Crippen molar-refractivity contribution in [2.75, 3.05) is 31.7 Å². The summed E-state index contributed by atoms with van der Waals surface area (Å²) in [6.07, 6.45) is 3.93. The Morgan fingerprint density at radius 3 is 2.03 bits per heavy atom. The van der Waals surface area contributed by atoms with E-state index in [1.54, 1.807) is 49.4 Å². The molecule has 0 heterocycles. The smallest absolute Gasteiger partial charge is 0.340 e. The number of hydrogen-bond acceptors (Lipinski definition) is 7. The Morgan fingerprint density at radius 2 is 1.42 bits per heavy atom. The van der Waals surface area contributed by atoms with Gasteiger partial charge in [-0.3, -0.25) is 4.79 Å². The molecule has 8 heteroatoms. The van der Waals surface area contributed by atoms with Gasteiger partial charge in [-0.15, -0.1) is 0 Å². The summed E-state index contributed by atoms with van der Waals surface area (Å²) in [6.45, 7) is 2.43. The van der Waals surface area contributed by atoms with Gasteiger partial charge in [-0.2, -0.15) is 0 Å². The molecule has 2 rings (SSSR count). The van der Waals surface area contributed by atoms with Crippen LogP contribution in [0.2, 0.25) is 0 Å². The molecule has 2 aromatic carbocycles. The molecular formula is C25H35NO7. The molecule has 0 atom stereocenters. The highest BCUT2D eigenvalue weighted by Crippen LogP contribution is 2.36. The summed E-state index contributed by atoms with van der Waals surface area (Å²) in [5, 5.41) is 38.1. The molecule has 0 spiro atoms. The monoisotopic (exact) mass is 461 g/mol. The van der Waals surface area contributed by atoms with E-state index < -0.39 is 5.97 Å². The minimum Gasteiger partial charge on any atom is -0.507 e. The summed E-state index contributed by atoms with van der Waals surface area (Å²) in [4.78, 5) is 24.4. The predicted molar refractivity (Wildman–Crippen MR) is 127 cm³/mol. The Labute approximate surface area is 194 Å². The van der Waals surface area contributed by atoms with Crippen LogP contribution in [-0.4, -0.2) is 58.7 Å². The lowest BCUT2D eigenvalue weighted by atomic mass is 9.99. The molecule has 182 valence electrons.